The summed E-state index contributed by atoms with van der Waals surface area (Å²) < 4.78 is 7.51. The van der Waals surface area contributed by atoms with Crippen molar-refractivity contribution >= 4 is 11.5 Å². The minimum absolute atomic E-state index is 0.433. The van der Waals surface area contributed by atoms with E-state index < -0.39 is 0 Å². The van der Waals surface area contributed by atoms with Crippen LogP contribution in [0, 0.1) is 13.8 Å². The van der Waals surface area contributed by atoms with E-state index in [1.807, 2.05) is 32.0 Å². The lowest BCUT2D eigenvalue weighted by atomic mass is 9.93. The van der Waals surface area contributed by atoms with E-state index >= 15 is 0 Å². The van der Waals surface area contributed by atoms with Crippen molar-refractivity contribution in [2.45, 2.75) is 51.9 Å². The highest BCUT2D eigenvalue weighted by molar-refractivity contribution is 5.48. The average Bonchev–Trinajstić information content (AvgIpc) is 3.25. The average molecular weight is 367 g/mol. The van der Waals surface area contributed by atoms with Crippen LogP contribution in [0.1, 0.15) is 60.9 Å². The highest BCUT2D eigenvalue weighted by Crippen LogP contribution is 2.29. The summed E-state index contributed by atoms with van der Waals surface area (Å²) in [5.74, 6) is 3.63. The maximum atomic E-state index is 6.21. The number of hydrogen-bond donors (Lipinski definition) is 1. The van der Waals surface area contributed by atoms with Crippen molar-refractivity contribution in [1.82, 2.24) is 19.5 Å². The van der Waals surface area contributed by atoms with E-state index in [0.717, 1.165) is 54.6 Å². The van der Waals surface area contributed by atoms with Gasteiger partial charge in [0.2, 0.25) is 0 Å². The first-order valence-corrected chi connectivity index (χ1v) is 9.91. The van der Waals surface area contributed by atoms with Gasteiger partial charge in [-0.3, -0.25) is 0 Å². The Hall–Kier alpha value is -2.34. The first kappa shape index (κ1) is 18.0. The summed E-state index contributed by atoms with van der Waals surface area (Å²) in [5, 5.41) is 4.40. The van der Waals surface area contributed by atoms with E-state index in [9.17, 15) is 0 Å². The molecule has 1 aliphatic heterocycles. The molecule has 3 aromatic rings. The van der Waals surface area contributed by atoms with E-state index in [-0.39, 0.29) is 0 Å². The van der Waals surface area contributed by atoms with Gasteiger partial charge in [0.15, 0.2) is 5.65 Å². The van der Waals surface area contributed by atoms with Gasteiger partial charge >= 0.3 is 0 Å². The zero-order valence-electron chi connectivity index (χ0n) is 16.5. The summed E-state index contributed by atoms with van der Waals surface area (Å²) in [5.41, 5.74) is 9.10. The first-order chi connectivity index (χ1) is 13.0. The standard InChI is InChI=1S/C21H29N5O/c1-14(19-7-6-16(3)27-19)8-10-25-9-4-5-17(13-25)18-12-20(22)26-21(23-18)11-15(2)24-26/h6-7,11-12,14,17H,4-5,8-10,13,22H2,1-3H3/t14-,17-/m1/s1. The van der Waals surface area contributed by atoms with E-state index in [1.54, 1.807) is 4.52 Å². The van der Waals surface area contributed by atoms with Crippen LogP contribution in [0.25, 0.3) is 5.65 Å². The third-order valence-corrected chi connectivity index (χ3v) is 5.65. The lowest BCUT2D eigenvalue weighted by molar-refractivity contribution is 0.198. The highest BCUT2D eigenvalue weighted by Gasteiger charge is 2.24. The van der Waals surface area contributed by atoms with Crippen LogP contribution in [0.3, 0.4) is 0 Å². The van der Waals surface area contributed by atoms with Crippen molar-refractivity contribution in [3.63, 3.8) is 0 Å². The molecule has 2 atom stereocenters. The van der Waals surface area contributed by atoms with Gasteiger partial charge < -0.3 is 15.1 Å². The molecule has 0 spiro atoms. The van der Waals surface area contributed by atoms with Crippen LogP contribution < -0.4 is 5.73 Å². The number of aryl methyl sites for hydroxylation is 2. The molecular formula is C21H29N5O. The largest absolute Gasteiger partial charge is 0.466 e. The van der Waals surface area contributed by atoms with Gasteiger partial charge in [-0.25, -0.2) is 4.98 Å². The van der Waals surface area contributed by atoms with E-state index in [1.165, 1.54) is 12.8 Å². The zero-order valence-corrected chi connectivity index (χ0v) is 16.5. The zero-order chi connectivity index (χ0) is 19.0. The van der Waals surface area contributed by atoms with Gasteiger partial charge in [-0.15, -0.1) is 0 Å². The van der Waals surface area contributed by atoms with Crippen LogP contribution in [0.4, 0.5) is 5.82 Å². The Balaban J connectivity index is 1.42. The van der Waals surface area contributed by atoms with Crippen LogP contribution in [0.15, 0.2) is 28.7 Å². The molecule has 1 aliphatic rings. The van der Waals surface area contributed by atoms with Crippen LogP contribution in [-0.2, 0) is 0 Å². The Kier molecular flexibility index (Phi) is 4.91. The quantitative estimate of drug-likeness (QED) is 0.740. The fourth-order valence-corrected chi connectivity index (χ4v) is 4.08. The van der Waals surface area contributed by atoms with Crippen molar-refractivity contribution < 1.29 is 4.42 Å². The fraction of sp³-hybridized carbons (Fsp3) is 0.524. The van der Waals surface area contributed by atoms with Gasteiger partial charge in [0.05, 0.1) is 11.4 Å². The summed E-state index contributed by atoms with van der Waals surface area (Å²) in [4.78, 5) is 7.40. The molecule has 144 valence electrons. The number of rotatable bonds is 5. The number of fused-ring (bicyclic) bond motifs is 1. The first-order valence-electron chi connectivity index (χ1n) is 9.91. The number of hydrogen-bond acceptors (Lipinski definition) is 5. The molecule has 6 heteroatoms. The Morgan fingerprint density at radius 3 is 2.93 bits per heavy atom. The van der Waals surface area contributed by atoms with E-state index in [0.29, 0.717) is 17.7 Å². The normalized spacial score (nSPS) is 19.6. The number of aromatic nitrogens is 3. The molecular weight excluding hydrogens is 338 g/mol. The minimum Gasteiger partial charge on any atom is -0.466 e. The Bertz CT molecular complexity index is 928. The molecule has 6 nitrogen and oxygen atoms in total. The van der Waals surface area contributed by atoms with Gasteiger partial charge in [0, 0.05) is 30.5 Å². The SMILES string of the molecule is Cc1cc2nc([C@@H]3CCCN(CC[C@@H](C)c4ccc(C)o4)C3)cc(N)n2n1. The molecule has 1 saturated heterocycles. The van der Waals surface area contributed by atoms with Crippen molar-refractivity contribution in [1.29, 1.82) is 0 Å². The van der Waals surface area contributed by atoms with Crippen molar-refractivity contribution in [2.75, 3.05) is 25.4 Å². The number of nitrogen functional groups attached to an aromatic ring is 1. The van der Waals surface area contributed by atoms with E-state index in [4.69, 9.17) is 15.1 Å². The molecule has 0 aromatic carbocycles. The molecule has 27 heavy (non-hydrogen) atoms. The maximum absolute atomic E-state index is 6.21. The monoisotopic (exact) mass is 367 g/mol. The Morgan fingerprint density at radius 2 is 2.15 bits per heavy atom. The van der Waals surface area contributed by atoms with Crippen LogP contribution >= 0.6 is 0 Å². The van der Waals surface area contributed by atoms with Crippen molar-refractivity contribution in [3.8, 4) is 0 Å². The van der Waals surface area contributed by atoms with Gasteiger partial charge in [0.25, 0.3) is 0 Å². The van der Waals surface area contributed by atoms with Gasteiger partial charge in [-0.05, 0) is 58.3 Å². The molecule has 4 heterocycles. The predicted octanol–water partition coefficient (Wildman–Crippen LogP) is 3.89. The summed E-state index contributed by atoms with van der Waals surface area (Å²) in [6.45, 7) is 9.50. The number of nitrogens with zero attached hydrogens (tertiary/aromatic N) is 4. The molecule has 0 saturated carbocycles. The number of likely N-dealkylation sites (tertiary alicyclic amines) is 1. The fourth-order valence-electron chi connectivity index (χ4n) is 4.08. The van der Waals surface area contributed by atoms with E-state index in [2.05, 4.69) is 23.0 Å². The summed E-state index contributed by atoms with van der Waals surface area (Å²) in [7, 11) is 0. The van der Waals surface area contributed by atoms with Crippen LogP contribution in [-0.4, -0.2) is 39.1 Å². The molecule has 0 unspecified atom stereocenters. The smallest absolute Gasteiger partial charge is 0.157 e. The number of anilines is 1. The van der Waals surface area contributed by atoms with Crippen molar-refractivity contribution in [3.05, 3.63) is 47.2 Å². The summed E-state index contributed by atoms with van der Waals surface area (Å²) >= 11 is 0. The second kappa shape index (κ2) is 7.35. The third-order valence-electron chi connectivity index (χ3n) is 5.65. The molecule has 0 radical (unpaired) electrons. The topological polar surface area (TPSA) is 72.6 Å². The number of furan rings is 1. The third kappa shape index (κ3) is 3.86. The van der Waals surface area contributed by atoms with Gasteiger partial charge in [0.1, 0.15) is 17.3 Å². The predicted molar refractivity (Wildman–Crippen MR) is 107 cm³/mol. The van der Waals surface area contributed by atoms with Crippen LogP contribution in [0.5, 0.6) is 0 Å². The molecule has 2 N–H and O–H groups in total. The number of nitrogens with two attached hydrogens (primary N) is 1. The highest BCUT2D eigenvalue weighted by atomic mass is 16.3. The lowest BCUT2D eigenvalue weighted by Gasteiger charge is -2.33. The second-order valence-corrected chi connectivity index (χ2v) is 7.94. The molecule has 0 amide bonds. The molecule has 1 fully saturated rings. The van der Waals surface area contributed by atoms with Gasteiger partial charge in [-0.2, -0.15) is 9.61 Å². The lowest BCUT2D eigenvalue weighted by Crippen LogP contribution is -2.35. The van der Waals surface area contributed by atoms with Crippen LogP contribution in [0.2, 0.25) is 0 Å². The Morgan fingerprint density at radius 1 is 1.30 bits per heavy atom. The molecule has 4 rings (SSSR count). The number of piperidine rings is 1. The van der Waals surface area contributed by atoms with Gasteiger partial charge in [-0.1, -0.05) is 6.92 Å². The summed E-state index contributed by atoms with van der Waals surface area (Å²) in [6, 6.07) is 8.15. The second-order valence-electron chi connectivity index (χ2n) is 7.94. The van der Waals surface area contributed by atoms with Crippen molar-refractivity contribution in [2.24, 2.45) is 0 Å². The summed E-state index contributed by atoms with van der Waals surface area (Å²) in [6.07, 6.45) is 3.47. The molecule has 3 aromatic heterocycles. The molecule has 0 aliphatic carbocycles. The Labute approximate surface area is 160 Å². The maximum Gasteiger partial charge on any atom is 0.157 e. The minimum atomic E-state index is 0.433. The molecule has 0 bridgehead atoms.